The molecule has 2 heteroatoms. The Bertz CT molecular complexity index is 221. The van der Waals surface area contributed by atoms with Gasteiger partial charge in [0.05, 0.1) is 5.92 Å². The maximum Gasteiger partial charge on any atom is 0.309 e. The first kappa shape index (κ1) is 13.5. The molecular formula is C14H26O2. The molecule has 0 aromatic heterocycles. The van der Waals surface area contributed by atoms with Crippen LogP contribution in [0.3, 0.4) is 0 Å². The van der Waals surface area contributed by atoms with Gasteiger partial charge in [0.1, 0.15) is 6.10 Å². The predicted molar refractivity (Wildman–Crippen MR) is 66.2 cm³/mol. The van der Waals surface area contributed by atoms with Crippen LogP contribution >= 0.6 is 0 Å². The second kappa shape index (κ2) is 5.70. The third-order valence-electron chi connectivity index (χ3n) is 3.53. The summed E-state index contributed by atoms with van der Waals surface area (Å²) < 4.78 is 5.66. The van der Waals surface area contributed by atoms with E-state index in [0.29, 0.717) is 0 Å². The number of carbonyl (C=O) groups is 1. The highest BCUT2D eigenvalue weighted by molar-refractivity contribution is 5.72. The van der Waals surface area contributed by atoms with Crippen LogP contribution in [0.5, 0.6) is 0 Å². The van der Waals surface area contributed by atoms with Gasteiger partial charge in [-0.3, -0.25) is 4.79 Å². The molecule has 0 aromatic carbocycles. The molecule has 0 radical (unpaired) electrons. The van der Waals surface area contributed by atoms with Crippen LogP contribution in [-0.2, 0) is 9.53 Å². The van der Waals surface area contributed by atoms with Gasteiger partial charge in [0.15, 0.2) is 0 Å². The Labute approximate surface area is 99.8 Å². The van der Waals surface area contributed by atoms with E-state index in [2.05, 4.69) is 27.7 Å². The molecule has 0 aliphatic heterocycles. The van der Waals surface area contributed by atoms with Gasteiger partial charge in [-0.15, -0.1) is 0 Å². The molecule has 0 amide bonds. The number of esters is 1. The summed E-state index contributed by atoms with van der Waals surface area (Å²) in [6.07, 6.45) is 6.67. The van der Waals surface area contributed by atoms with E-state index in [9.17, 15) is 4.79 Å². The summed E-state index contributed by atoms with van der Waals surface area (Å²) in [6.45, 7) is 8.49. The molecule has 1 fully saturated rings. The standard InChI is InChI=1S/C14H26O2/c1-5-12(14(2,3)4)16-13(15)11-9-7-6-8-10-11/h11-12H,5-10H2,1-4H3. The van der Waals surface area contributed by atoms with Gasteiger partial charge in [-0.25, -0.2) is 0 Å². The highest BCUT2D eigenvalue weighted by Crippen LogP contribution is 2.29. The fraction of sp³-hybridized carbons (Fsp3) is 0.929. The molecule has 0 spiro atoms. The van der Waals surface area contributed by atoms with Crippen molar-refractivity contribution in [2.45, 2.75) is 72.3 Å². The third kappa shape index (κ3) is 3.80. The molecule has 1 unspecified atom stereocenters. The highest BCUT2D eigenvalue weighted by atomic mass is 16.5. The summed E-state index contributed by atoms with van der Waals surface area (Å²) in [6, 6.07) is 0. The second-order valence-corrected chi connectivity index (χ2v) is 6.03. The van der Waals surface area contributed by atoms with E-state index in [1.165, 1.54) is 19.3 Å². The Balaban J connectivity index is 2.48. The molecule has 1 rings (SSSR count). The fourth-order valence-electron chi connectivity index (χ4n) is 2.45. The zero-order valence-corrected chi connectivity index (χ0v) is 11.2. The van der Waals surface area contributed by atoms with E-state index >= 15 is 0 Å². The van der Waals surface area contributed by atoms with Crippen LogP contribution in [0, 0.1) is 11.3 Å². The zero-order chi connectivity index (χ0) is 12.2. The molecule has 2 nitrogen and oxygen atoms in total. The minimum Gasteiger partial charge on any atom is -0.462 e. The monoisotopic (exact) mass is 226 g/mol. The molecule has 0 N–H and O–H groups in total. The van der Waals surface area contributed by atoms with Crippen molar-refractivity contribution >= 4 is 5.97 Å². The highest BCUT2D eigenvalue weighted by Gasteiger charge is 2.30. The first-order valence-electron chi connectivity index (χ1n) is 6.65. The van der Waals surface area contributed by atoms with E-state index in [0.717, 1.165) is 19.3 Å². The van der Waals surface area contributed by atoms with Crippen molar-refractivity contribution in [3.63, 3.8) is 0 Å². The topological polar surface area (TPSA) is 26.3 Å². The molecule has 1 atom stereocenters. The molecular weight excluding hydrogens is 200 g/mol. The lowest BCUT2D eigenvalue weighted by Gasteiger charge is -2.31. The molecule has 0 bridgehead atoms. The van der Waals surface area contributed by atoms with E-state index in [-0.39, 0.29) is 23.4 Å². The van der Waals surface area contributed by atoms with Gasteiger partial charge in [0, 0.05) is 0 Å². The SMILES string of the molecule is CCC(OC(=O)C1CCCCC1)C(C)(C)C. The average Bonchev–Trinajstić information content (AvgIpc) is 2.25. The van der Waals surface area contributed by atoms with Gasteiger partial charge in [-0.1, -0.05) is 47.0 Å². The largest absolute Gasteiger partial charge is 0.462 e. The number of ether oxygens (including phenoxy) is 1. The van der Waals surface area contributed by atoms with E-state index < -0.39 is 0 Å². The van der Waals surface area contributed by atoms with Crippen molar-refractivity contribution in [1.82, 2.24) is 0 Å². The van der Waals surface area contributed by atoms with Crippen LogP contribution in [-0.4, -0.2) is 12.1 Å². The van der Waals surface area contributed by atoms with Gasteiger partial charge in [0.25, 0.3) is 0 Å². The number of hydrogen-bond donors (Lipinski definition) is 0. The van der Waals surface area contributed by atoms with Crippen LogP contribution in [0.15, 0.2) is 0 Å². The van der Waals surface area contributed by atoms with Gasteiger partial charge < -0.3 is 4.74 Å². The Morgan fingerprint density at radius 1 is 1.25 bits per heavy atom. The van der Waals surface area contributed by atoms with E-state index in [1.54, 1.807) is 0 Å². The Hall–Kier alpha value is -0.530. The minimum absolute atomic E-state index is 0.0430. The smallest absolute Gasteiger partial charge is 0.309 e. The zero-order valence-electron chi connectivity index (χ0n) is 11.2. The Morgan fingerprint density at radius 3 is 2.25 bits per heavy atom. The van der Waals surface area contributed by atoms with Crippen molar-refractivity contribution in [2.75, 3.05) is 0 Å². The summed E-state index contributed by atoms with van der Waals surface area (Å²) in [5, 5.41) is 0. The molecule has 94 valence electrons. The lowest BCUT2D eigenvalue weighted by Crippen LogP contribution is -2.34. The lowest BCUT2D eigenvalue weighted by atomic mass is 9.86. The normalized spacial score (nSPS) is 20.5. The molecule has 1 aliphatic rings. The van der Waals surface area contributed by atoms with Gasteiger partial charge >= 0.3 is 5.97 Å². The molecule has 0 heterocycles. The maximum absolute atomic E-state index is 12.0. The van der Waals surface area contributed by atoms with Crippen molar-refractivity contribution in [2.24, 2.45) is 11.3 Å². The van der Waals surface area contributed by atoms with Crippen LogP contribution in [0.1, 0.15) is 66.2 Å². The van der Waals surface area contributed by atoms with Crippen LogP contribution < -0.4 is 0 Å². The summed E-state index contributed by atoms with van der Waals surface area (Å²) in [7, 11) is 0. The predicted octanol–water partition coefficient (Wildman–Crippen LogP) is 3.93. The number of rotatable bonds is 3. The first-order valence-corrected chi connectivity index (χ1v) is 6.65. The minimum atomic E-state index is 0.0430. The molecule has 0 aromatic rings. The van der Waals surface area contributed by atoms with Crippen molar-refractivity contribution in [3.8, 4) is 0 Å². The third-order valence-corrected chi connectivity index (χ3v) is 3.53. The number of hydrogen-bond acceptors (Lipinski definition) is 2. The van der Waals surface area contributed by atoms with Gasteiger partial charge in [-0.2, -0.15) is 0 Å². The van der Waals surface area contributed by atoms with Gasteiger partial charge in [-0.05, 0) is 24.7 Å². The maximum atomic E-state index is 12.0. The van der Waals surface area contributed by atoms with Crippen LogP contribution in [0.4, 0.5) is 0 Å². The lowest BCUT2D eigenvalue weighted by molar-refractivity contribution is -0.161. The summed E-state index contributed by atoms with van der Waals surface area (Å²) in [5.74, 6) is 0.214. The molecule has 0 saturated heterocycles. The second-order valence-electron chi connectivity index (χ2n) is 6.03. The van der Waals surface area contributed by atoms with Gasteiger partial charge in [0.2, 0.25) is 0 Å². The molecule has 1 aliphatic carbocycles. The fourth-order valence-corrected chi connectivity index (χ4v) is 2.45. The summed E-state index contributed by atoms with van der Waals surface area (Å²) >= 11 is 0. The van der Waals surface area contributed by atoms with Crippen LogP contribution in [0.25, 0.3) is 0 Å². The molecule has 1 saturated carbocycles. The van der Waals surface area contributed by atoms with Crippen LogP contribution in [0.2, 0.25) is 0 Å². The average molecular weight is 226 g/mol. The van der Waals surface area contributed by atoms with E-state index in [4.69, 9.17) is 4.74 Å². The summed E-state index contributed by atoms with van der Waals surface area (Å²) in [4.78, 5) is 12.0. The summed E-state index contributed by atoms with van der Waals surface area (Å²) in [5.41, 5.74) is 0.0546. The van der Waals surface area contributed by atoms with Crippen molar-refractivity contribution < 1.29 is 9.53 Å². The Kier molecular flexibility index (Phi) is 4.82. The quantitative estimate of drug-likeness (QED) is 0.681. The number of carbonyl (C=O) groups excluding carboxylic acids is 1. The van der Waals surface area contributed by atoms with Crippen molar-refractivity contribution in [3.05, 3.63) is 0 Å². The molecule has 16 heavy (non-hydrogen) atoms. The van der Waals surface area contributed by atoms with Crippen molar-refractivity contribution in [1.29, 1.82) is 0 Å². The van der Waals surface area contributed by atoms with E-state index in [1.807, 2.05) is 0 Å². The Morgan fingerprint density at radius 2 is 1.81 bits per heavy atom. The first-order chi connectivity index (χ1) is 7.45.